The Kier molecular flexibility index (Phi) is 7.22. The molecule has 1 atom stereocenters. The van der Waals surface area contributed by atoms with Crippen LogP contribution in [-0.2, 0) is 22.6 Å². The molecule has 0 saturated carbocycles. The van der Waals surface area contributed by atoms with E-state index in [1.807, 2.05) is 35.7 Å². The number of carbonyl (C=O) groups is 1. The molecule has 0 radical (unpaired) electrons. The smallest absolute Gasteiger partial charge is 0.322 e. The maximum Gasteiger partial charge on any atom is 0.322 e. The minimum Gasteiger partial charge on any atom is -0.489 e. The number of hydrogen-bond donors (Lipinski definition) is 1. The number of carbonyl (C=O) groups excluding carboxylic acids is 1. The van der Waals surface area contributed by atoms with Crippen molar-refractivity contribution < 1.29 is 14.3 Å². The van der Waals surface area contributed by atoms with Gasteiger partial charge in [-0.05, 0) is 46.5 Å². The van der Waals surface area contributed by atoms with Crippen molar-refractivity contribution in [2.24, 2.45) is 5.73 Å². The van der Waals surface area contributed by atoms with Gasteiger partial charge < -0.3 is 15.2 Å². The Morgan fingerprint density at radius 3 is 2.52 bits per heavy atom. The van der Waals surface area contributed by atoms with E-state index >= 15 is 0 Å². The van der Waals surface area contributed by atoms with Crippen LogP contribution in [0.2, 0.25) is 0 Å². The summed E-state index contributed by atoms with van der Waals surface area (Å²) in [7, 11) is 1.34. The highest BCUT2D eigenvalue weighted by molar-refractivity contribution is 7.07. The van der Waals surface area contributed by atoms with Crippen LogP contribution in [0.25, 0.3) is 0 Å². The van der Waals surface area contributed by atoms with Gasteiger partial charge in [-0.1, -0.05) is 12.1 Å². The number of thiophene rings is 1. The molecule has 2 rings (SSSR count). The highest BCUT2D eigenvalue weighted by Gasteiger charge is 2.13. The van der Waals surface area contributed by atoms with Gasteiger partial charge in [0.2, 0.25) is 0 Å². The summed E-state index contributed by atoms with van der Waals surface area (Å²) in [6, 6.07) is 8.99. The first kappa shape index (κ1) is 17.5. The first-order valence-corrected chi connectivity index (χ1v) is 7.19. The molecule has 0 aliphatic heterocycles. The Hall–Kier alpha value is -1.56. The number of rotatable bonds is 6. The van der Waals surface area contributed by atoms with E-state index in [0.717, 1.165) is 16.9 Å². The molecule has 114 valence electrons. The SMILES string of the molecule is COC(=O)C(N)Cc1ccc(OCc2ccsc2)cc1.Cl. The molecule has 0 aliphatic rings. The highest BCUT2D eigenvalue weighted by Crippen LogP contribution is 2.16. The fraction of sp³-hybridized carbons (Fsp3) is 0.267. The third-order valence-electron chi connectivity index (χ3n) is 2.87. The van der Waals surface area contributed by atoms with Crippen molar-refractivity contribution in [2.75, 3.05) is 7.11 Å². The molecule has 0 bridgehead atoms. The summed E-state index contributed by atoms with van der Waals surface area (Å²) < 4.78 is 10.3. The summed E-state index contributed by atoms with van der Waals surface area (Å²) in [4.78, 5) is 11.2. The molecular formula is C15H18ClNO3S. The number of methoxy groups -OCH3 is 1. The summed E-state index contributed by atoms with van der Waals surface area (Å²) in [5.41, 5.74) is 7.85. The molecule has 4 nitrogen and oxygen atoms in total. The van der Waals surface area contributed by atoms with E-state index in [-0.39, 0.29) is 12.4 Å². The van der Waals surface area contributed by atoms with Gasteiger partial charge in [-0.3, -0.25) is 4.79 Å². The summed E-state index contributed by atoms with van der Waals surface area (Å²) in [5, 5.41) is 4.08. The normalized spacial score (nSPS) is 11.3. The largest absolute Gasteiger partial charge is 0.489 e. The van der Waals surface area contributed by atoms with Gasteiger partial charge in [0, 0.05) is 0 Å². The number of halogens is 1. The van der Waals surface area contributed by atoms with Crippen LogP contribution in [-0.4, -0.2) is 19.1 Å². The molecule has 2 aromatic rings. The lowest BCUT2D eigenvalue weighted by Gasteiger charge is -2.10. The maximum absolute atomic E-state index is 11.2. The van der Waals surface area contributed by atoms with Crippen molar-refractivity contribution >= 4 is 29.7 Å². The first-order valence-electron chi connectivity index (χ1n) is 6.25. The molecular weight excluding hydrogens is 310 g/mol. The van der Waals surface area contributed by atoms with Gasteiger partial charge in [0.1, 0.15) is 18.4 Å². The molecule has 0 spiro atoms. The fourth-order valence-corrected chi connectivity index (χ4v) is 2.41. The molecule has 0 aliphatic carbocycles. The van der Waals surface area contributed by atoms with E-state index in [4.69, 9.17) is 10.5 Å². The van der Waals surface area contributed by atoms with Crippen LogP contribution in [0.3, 0.4) is 0 Å². The van der Waals surface area contributed by atoms with Gasteiger partial charge in [0.25, 0.3) is 0 Å². The van der Waals surface area contributed by atoms with E-state index in [1.165, 1.54) is 7.11 Å². The molecule has 21 heavy (non-hydrogen) atoms. The van der Waals surface area contributed by atoms with Crippen LogP contribution in [0.4, 0.5) is 0 Å². The van der Waals surface area contributed by atoms with E-state index in [0.29, 0.717) is 13.0 Å². The summed E-state index contributed by atoms with van der Waals surface area (Å²) in [6.07, 6.45) is 0.456. The van der Waals surface area contributed by atoms with Gasteiger partial charge in [-0.2, -0.15) is 11.3 Å². The minimum absolute atomic E-state index is 0. The molecule has 0 fully saturated rings. The van der Waals surface area contributed by atoms with Gasteiger partial charge in [0.05, 0.1) is 7.11 Å². The fourth-order valence-electron chi connectivity index (χ4n) is 1.75. The quantitative estimate of drug-likeness (QED) is 0.829. The molecule has 0 amide bonds. The van der Waals surface area contributed by atoms with Crippen molar-refractivity contribution in [1.82, 2.24) is 0 Å². The number of benzene rings is 1. The zero-order chi connectivity index (χ0) is 14.4. The minimum atomic E-state index is -0.627. The average Bonchev–Trinajstić information content (AvgIpc) is 2.99. The van der Waals surface area contributed by atoms with Crippen molar-refractivity contribution in [3.63, 3.8) is 0 Å². The van der Waals surface area contributed by atoms with Crippen molar-refractivity contribution in [3.05, 3.63) is 52.2 Å². The maximum atomic E-state index is 11.2. The van der Waals surface area contributed by atoms with Gasteiger partial charge in [-0.15, -0.1) is 12.4 Å². The molecule has 1 unspecified atom stereocenters. The zero-order valence-corrected chi connectivity index (χ0v) is 13.3. The van der Waals surface area contributed by atoms with E-state index in [2.05, 4.69) is 10.1 Å². The molecule has 1 aromatic carbocycles. The average molecular weight is 328 g/mol. The Bertz CT molecular complexity index is 543. The Balaban J connectivity index is 0.00000220. The van der Waals surface area contributed by atoms with Crippen LogP contribution in [0, 0.1) is 0 Å². The van der Waals surface area contributed by atoms with Crippen LogP contribution in [0.1, 0.15) is 11.1 Å². The monoisotopic (exact) mass is 327 g/mol. The topological polar surface area (TPSA) is 61.5 Å². The standard InChI is InChI=1S/C15H17NO3S.ClH/c1-18-15(17)14(16)8-11-2-4-13(5-3-11)19-9-12-6-7-20-10-12;/h2-7,10,14H,8-9,16H2,1H3;1H. The second-order valence-electron chi connectivity index (χ2n) is 4.40. The zero-order valence-electron chi connectivity index (χ0n) is 11.7. The van der Waals surface area contributed by atoms with Crippen LogP contribution >= 0.6 is 23.7 Å². The molecule has 1 heterocycles. The second kappa shape index (κ2) is 8.67. The second-order valence-corrected chi connectivity index (χ2v) is 5.18. The number of ether oxygens (including phenoxy) is 2. The van der Waals surface area contributed by atoms with E-state index in [9.17, 15) is 4.79 Å². The summed E-state index contributed by atoms with van der Waals surface area (Å²) in [6.45, 7) is 0.560. The Morgan fingerprint density at radius 2 is 1.95 bits per heavy atom. The lowest BCUT2D eigenvalue weighted by atomic mass is 10.1. The number of nitrogens with two attached hydrogens (primary N) is 1. The lowest BCUT2D eigenvalue weighted by molar-refractivity contribution is -0.142. The van der Waals surface area contributed by atoms with E-state index in [1.54, 1.807) is 11.3 Å². The van der Waals surface area contributed by atoms with Crippen LogP contribution < -0.4 is 10.5 Å². The van der Waals surface area contributed by atoms with Crippen molar-refractivity contribution in [1.29, 1.82) is 0 Å². The molecule has 2 N–H and O–H groups in total. The first-order chi connectivity index (χ1) is 9.69. The third kappa shape index (κ3) is 5.38. The highest BCUT2D eigenvalue weighted by atomic mass is 35.5. The lowest BCUT2D eigenvalue weighted by Crippen LogP contribution is -2.33. The van der Waals surface area contributed by atoms with Crippen LogP contribution in [0.15, 0.2) is 41.1 Å². The van der Waals surface area contributed by atoms with Crippen molar-refractivity contribution in [2.45, 2.75) is 19.1 Å². The molecule has 0 saturated heterocycles. The van der Waals surface area contributed by atoms with Gasteiger partial charge in [0.15, 0.2) is 0 Å². The van der Waals surface area contributed by atoms with Crippen molar-refractivity contribution in [3.8, 4) is 5.75 Å². The molecule has 6 heteroatoms. The Labute approximate surface area is 134 Å². The number of esters is 1. The van der Waals surface area contributed by atoms with Gasteiger partial charge >= 0.3 is 5.97 Å². The predicted molar refractivity (Wildman–Crippen MR) is 86.0 cm³/mol. The van der Waals surface area contributed by atoms with Gasteiger partial charge in [-0.25, -0.2) is 0 Å². The molecule has 1 aromatic heterocycles. The Morgan fingerprint density at radius 1 is 1.24 bits per heavy atom. The van der Waals surface area contributed by atoms with Crippen LogP contribution in [0.5, 0.6) is 5.75 Å². The predicted octanol–water partition coefficient (Wildman–Crippen LogP) is 2.79. The summed E-state index contributed by atoms with van der Waals surface area (Å²) in [5.74, 6) is 0.398. The third-order valence-corrected chi connectivity index (χ3v) is 3.60. The summed E-state index contributed by atoms with van der Waals surface area (Å²) >= 11 is 1.65. The van der Waals surface area contributed by atoms with E-state index < -0.39 is 12.0 Å². The number of hydrogen-bond acceptors (Lipinski definition) is 5.